The van der Waals surface area contributed by atoms with Gasteiger partial charge in [0.25, 0.3) is 0 Å². The van der Waals surface area contributed by atoms with Crippen LogP contribution in [0.15, 0.2) is 42.5 Å². The second-order valence-electron chi connectivity index (χ2n) is 7.30. The standard InChI is InChI=1S/C23H33NO4/c1-2-28-23(27)12-8-3-4-9-17-24-20(14-16-22(24)26)13-15-21(25)18-19-10-6-5-7-11-19/h5-7,10-11,13,15,20-21,25H,2-4,8-9,12,14,16-18H2,1H3/t20-,21+/m1/s1. The van der Waals surface area contributed by atoms with E-state index in [4.69, 9.17) is 4.74 Å². The third-order valence-electron chi connectivity index (χ3n) is 5.05. The highest BCUT2D eigenvalue weighted by atomic mass is 16.5. The molecule has 154 valence electrons. The van der Waals surface area contributed by atoms with Crippen molar-refractivity contribution in [2.75, 3.05) is 13.2 Å². The third-order valence-corrected chi connectivity index (χ3v) is 5.05. The number of nitrogens with zero attached hydrogens (tertiary/aromatic N) is 1. The molecule has 1 aromatic rings. The molecule has 0 spiro atoms. The Morgan fingerprint density at radius 3 is 2.75 bits per heavy atom. The first-order valence-corrected chi connectivity index (χ1v) is 10.5. The van der Waals surface area contributed by atoms with Gasteiger partial charge in [-0.15, -0.1) is 0 Å². The summed E-state index contributed by atoms with van der Waals surface area (Å²) in [4.78, 5) is 25.4. The highest BCUT2D eigenvalue weighted by Gasteiger charge is 2.28. The van der Waals surface area contributed by atoms with Crippen molar-refractivity contribution in [2.45, 2.75) is 70.4 Å². The number of carbonyl (C=O) groups excluding carboxylic acids is 2. The van der Waals surface area contributed by atoms with Crippen LogP contribution in [0, 0.1) is 0 Å². The van der Waals surface area contributed by atoms with Crippen LogP contribution in [-0.4, -0.2) is 47.2 Å². The van der Waals surface area contributed by atoms with Gasteiger partial charge < -0.3 is 14.7 Å². The van der Waals surface area contributed by atoms with E-state index in [1.54, 1.807) is 0 Å². The Morgan fingerprint density at radius 2 is 2.00 bits per heavy atom. The molecule has 1 N–H and O–H groups in total. The summed E-state index contributed by atoms with van der Waals surface area (Å²) in [5.41, 5.74) is 1.10. The number of carbonyl (C=O) groups is 2. The zero-order valence-electron chi connectivity index (χ0n) is 16.9. The maximum Gasteiger partial charge on any atom is 0.305 e. The number of rotatable bonds is 12. The minimum absolute atomic E-state index is 0.0810. The van der Waals surface area contributed by atoms with Crippen LogP contribution in [0.3, 0.4) is 0 Å². The Labute approximate surface area is 168 Å². The van der Waals surface area contributed by atoms with Crippen LogP contribution in [0.1, 0.15) is 57.4 Å². The van der Waals surface area contributed by atoms with Crippen molar-refractivity contribution >= 4 is 11.9 Å². The van der Waals surface area contributed by atoms with Gasteiger partial charge in [0.15, 0.2) is 0 Å². The Morgan fingerprint density at radius 1 is 1.25 bits per heavy atom. The molecular formula is C23H33NO4. The van der Waals surface area contributed by atoms with E-state index >= 15 is 0 Å². The molecule has 0 bridgehead atoms. The van der Waals surface area contributed by atoms with Gasteiger partial charge in [0.05, 0.1) is 18.8 Å². The molecule has 0 aromatic heterocycles. The molecule has 1 amide bonds. The van der Waals surface area contributed by atoms with Gasteiger partial charge in [-0.1, -0.05) is 55.3 Å². The normalized spacial score (nSPS) is 18.0. The predicted molar refractivity (Wildman–Crippen MR) is 110 cm³/mol. The van der Waals surface area contributed by atoms with Crippen LogP contribution in [-0.2, 0) is 20.7 Å². The van der Waals surface area contributed by atoms with Gasteiger partial charge in [0, 0.05) is 25.8 Å². The van der Waals surface area contributed by atoms with Gasteiger partial charge >= 0.3 is 5.97 Å². The Balaban J connectivity index is 1.69. The van der Waals surface area contributed by atoms with Crippen LogP contribution in [0.25, 0.3) is 0 Å². The van der Waals surface area contributed by atoms with Crippen molar-refractivity contribution in [3.63, 3.8) is 0 Å². The van der Waals surface area contributed by atoms with Gasteiger partial charge in [-0.3, -0.25) is 9.59 Å². The lowest BCUT2D eigenvalue weighted by molar-refractivity contribution is -0.143. The molecule has 1 aliphatic heterocycles. The highest BCUT2D eigenvalue weighted by molar-refractivity contribution is 5.79. The summed E-state index contributed by atoms with van der Waals surface area (Å²) < 4.78 is 4.92. The summed E-state index contributed by atoms with van der Waals surface area (Å²) in [5.74, 6) is 0.0650. The molecule has 0 aliphatic carbocycles. The molecule has 2 atom stereocenters. The van der Waals surface area contributed by atoms with Crippen LogP contribution in [0.2, 0.25) is 0 Å². The van der Waals surface area contributed by atoms with Crippen molar-refractivity contribution in [3.05, 3.63) is 48.0 Å². The second kappa shape index (κ2) is 12.3. The zero-order valence-corrected chi connectivity index (χ0v) is 16.9. The second-order valence-corrected chi connectivity index (χ2v) is 7.30. The van der Waals surface area contributed by atoms with E-state index in [1.165, 1.54) is 0 Å². The van der Waals surface area contributed by atoms with E-state index < -0.39 is 6.10 Å². The number of unbranched alkanes of at least 4 members (excludes halogenated alkanes) is 3. The average molecular weight is 388 g/mol. The molecular weight excluding hydrogens is 354 g/mol. The van der Waals surface area contributed by atoms with Gasteiger partial charge in [0.2, 0.25) is 5.91 Å². The fourth-order valence-electron chi connectivity index (χ4n) is 3.56. The van der Waals surface area contributed by atoms with Gasteiger partial charge in [0.1, 0.15) is 0 Å². The number of aliphatic hydroxyl groups is 1. The van der Waals surface area contributed by atoms with Crippen LogP contribution in [0.4, 0.5) is 0 Å². The van der Waals surface area contributed by atoms with E-state index in [0.717, 1.165) is 44.2 Å². The first-order chi connectivity index (χ1) is 13.6. The van der Waals surface area contributed by atoms with Gasteiger partial charge in [-0.25, -0.2) is 0 Å². The molecule has 1 fully saturated rings. The summed E-state index contributed by atoms with van der Waals surface area (Å²) in [6.07, 6.45) is 9.45. The lowest BCUT2D eigenvalue weighted by Gasteiger charge is -2.22. The van der Waals surface area contributed by atoms with E-state index in [9.17, 15) is 14.7 Å². The first kappa shape index (κ1) is 22.2. The minimum Gasteiger partial charge on any atom is -0.466 e. The molecule has 1 aromatic carbocycles. The maximum absolute atomic E-state index is 12.2. The molecule has 2 rings (SSSR count). The van der Waals surface area contributed by atoms with E-state index in [-0.39, 0.29) is 17.9 Å². The summed E-state index contributed by atoms with van der Waals surface area (Å²) >= 11 is 0. The summed E-state index contributed by atoms with van der Waals surface area (Å²) in [6, 6.07) is 9.99. The van der Waals surface area contributed by atoms with E-state index in [0.29, 0.717) is 25.9 Å². The lowest BCUT2D eigenvalue weighted by atomic mass is 10.1. The number of benzene rings is 1. The molecule has 0 radical (unpaired) electrons. The average Bonchev–Trinajstić information content (AvgIpc) is 3.03. The summed E-state index contributed by atoms with van der Waals surface area (Å²) in [5, 5.41) is 10.2. The Hall–Kier alpha value is -2.14. The van der Waals surface area contributed by atoms with Crippen molar-refractivity contribution < 1.29 is 19.4 Å². The molecule has 0 saturated carbocycles. The van der Waals surface area contributed by atoms with Gasteiger partial charge in [-0.2, -0.15) is 0 Å². The van der Waals surface area contributed by atoms with Crippen LogP contribution < -0.4 is 0 Å². The van der Waals surface area contributed by atoms with Crippen molar-refractivity contribution in [2.24, 2.45) is 0 Å². The summed E-state index contributed by atoms with van der Waals surface area (Å²) in [6.45, 7) is 2.99. The quantitative estimate of drug-likeness (QED) is 0.338. The van der Waals surface area contributed by atoms with Gasteiger partial charge in [-0.05, 0) is 31.7 Å². The maximum atomic E-state index is 12.2. The number of hydrogen-bond donors (Lipinski definition) is 1. The SMILES string of the molecule is CCOC(=O)CCCCCCN1C(=O)CC[C@H]1C=C[C@H](O)Cc1ccccc1. The molecule has 1 saturated heterocycles. The number of aliphatic hydroxyl groups excluding tert-OH is 1. The molecule has 1 aliphatic rings. The molecule has 0 unspecified atom stereocenters. The lowest BCUT2D eigenvalue weighted by Crippen LogP contribution is -2.32. The smallest absolute Gasteiger partial charge is 0.305 e. The Kier molecular flexibility index (Phi) is 9.77. The van der Waals surface area contributed by atoms with Crippen LogP contribution in [0.5, 0.6) is 0 Å². The number of likely N-dealkylation sites (tertiary alicyclic amines) is 1. The topological polar surface area (TPSA) is 66.8 Å². The number of amides is 1. The molecule has 5 nitrogen and oxygen atoms in total. The van der Waals surface area contributed by atoms with E-state index in [2.05, 4.69) is 0 Å². The zero-order chi connectivity index (χ0) is 20.2. The molecule has 1 heterocycles. The highest BCUT2D eigenvalue weighted by Crippen LogP contribution is 2.21. The van der Waals surface area contributed by atoms with Crippen LogP contribution >= 0.6 is 0 Å². The van der Waals surface area contributed by atoms with Crippen molar-refractivity contribution in [1.29, 1.82) is 0 Å². The third kappa shape index (κ3) is 7.85. The largest absolute Gasteiger partial charge is 0.466 e. The fraction of sp³-hybridized carbons (Fsp3) is 0.565. The van der Waals surface area contributed by atoms with E-state index in [1.807, 2.05) is 54.3 Å². The molecule has 28 heavy (non-hydrogen) atoms. The number of hydrogen-bond acceptors (Lipinski definition) is 4. The Bertz CT molecular complexity index is 629. The summed E-state index contributed by atoms with van der Waals surface area (Å²) in [7, 11) is 0. The first-order valence-electron chi connectivity index (χ1n) is 10.5. The molecule has 5 heteroatoms. The van der Waals surface area contributed by atoms with Crippen molar-refractivity contribution in [1.82, 2.24) is 4.90 Å². The predicted octanol–water partition coefficient (Wildman–Crippen LogP) is 3.65. The number of ether oxygens (including phenoxy) is 1. The van der Waals surface area contributed by atoms with Crippen molar-refractivity contribution in [3.8, 4) is 0 Å². The monoisotopic (exact) mass is 387 g/mol. The fourth-order valence-corrected chi connectivity index (χ4v) is 3.56. The number of esters is 1. The minimum atomic E-state index is -0.539.